The van der Waals surface area contributed by atoms with E-state index < -0.39 is 12.1 Å². The van der Waals surface area contributed by atoms with E-state index in [1.807, 2.05) is 0 Å². The second-order valence-electron chi connectivity index (χ2n) is 4.38. The van der Waals surface area contributed by atoms with Crippen molar-refractivity contribution in [2.75, 3.05) is 18.0 Å². The van der Waals surface area contributed by atoms with E-state index >= 15 is 0 Å². The Labute approximate surface area is 113 Å². The molecule has 1 unspecified atom stereocenters. The Hall–Kier alpha value is -2.08. The predicted molar refractivity (Wildman–Crippen MR) is 67.8 cm³/mol. The standard InChI is InChI=1S/C12H10ClN3O3/c13-7-2-1-3-8(4-7)16-11(18)9-5-14-10(17)6-15(9)12(16)19/h1-4,9H,5-6H2,(H,14,17). The van der Waals surface area contributed by atoms with Crippen molar-refractivity contribution >= 4 is 35.1 Å². The first-order chi connectivity index (χ1) is 9.08. The lowest BCUT2D eigenvalue weighted by Gasteiger charge is -2.26. The van der Waals surface area contributed by atoms with E-state index in [9.17, 15) is 14.4 Å². The number of amides is 4. The van der Waals surface area contributed by atoms with E-state index in [1.54, 1.807) is 24.3 Å². The highest BCUT2D eigenvalue weighted by Crippen LogP contribution is 2.27. The van der Waals surface area contributed by atoms with Gasteiger partial charge in [-0.15, -0.1) is 0 Å². The van der Waals surface area contributed by atoms with Gasteiger partial charge in [0.2, 0.25) is 5.91 Å². The van der Waals surface area contributed by atoms with Gasteiger partial charge in [-0.3, -0.25) is 9.59 Å². The fraction of sp³-hybridized carbons (Fsp3) is 0.250. The van der Waals surface area contributed by atoms with Crippen LogP contribution in [0.2, 0.25) is 5.02 Å². The lowest BCUT2D eigenvalue weighted by Crippen LogP contribution is -2.54. The predicted octanol–water partition coefficient (Wildman–Crippen LogP) is 0.607. The molecule has 98 valence electrons. The molecule has 1 atom stereocenters. The number of piperazine rings is 1. The SMILES string of the molecule is O=C1CN2C(=O)N(c3cccc(Cl)c3)C(=O)C2CN1. The second-order valence-corrected chi connectivity index (χ2v) is 4.82. The van der Waals surface area contributed by atoms with Crippen molar-refractivity contribution in [2.24, 2.45) is 0 Å². The Balaban J connectivity index is 1.97. The lowest BCUT2D eigenvalue weighted by atomic mass is 10.2. The zero-order chi connectivity index (χ0) is 13.6. The number of urea groups is 1. The average Bonchev–Trinajstić information content (AvgIpc) is 2.61. The number of benzene rings is 1. The highest BCUT2D eigenvalue weighted by Gasteiger charge is 2.48. The molecule has 0 saturated carbocycles. The van der Waals surface area contributed by atoms with E-state index in [0.717, 1.165) is 4.90 Å². The minimum Gasteiger partial charge on any atom is -0.352 e. The molecule has 0 spiro atoms. The largest absolute Gasteiger partial charge is 0.352 e. The van der Waals surface area contributed by atoms with Gasteiger partial charge >= 0.3 is 6.03 Å². The number of anilines is 1. The number of halogens is 1. The van der Waals surface area contributed by atoms with E-state index in [2.05, 4.69) is 5.32 Å². The minimum atomic E-state index is -0.621. The molecule has 7 heteroatoms. The van der Waals surface area contributed by atoms with Crippen LogP contribution in [0.4, 0.5) is 10.5 Å². The molecule has 0 aromatic heterocycles. The summed E-state index contributed by atoms with van der Waals surface area (Å²) in [6.45, 7) is 0.0623. The number of hydrogen-bond acceptors (Lipinski definition) is 3. The molecule has 6 nitrogen and oxygen atoms in total. The second kappa shape index (κ2) is 4.24. The number of nitrogens with one attached hydrogen (secondary N) is 1. The molecular weight excluding hydrogens is 270 g/mol. The zero-order valence-electron chi connectivity index (χ0n) is 9.80. The number of fused-ring (bicyclic) bond motifs is 1. The fourth-order valence-electron chi connectivity index (χ4n) is 2.29. The number of imide groups is 1. The molecule has 1 aromatic rings. The van der Waals surface area contributed by atoms with Crippen molar-refractivity contribution in [3.8, 4) is 0 Å². The normalized spacial score (nSPS) is 22.6. The van der Waals surface area contributed by atoms with Gasteiger partial charge in [-0.2, -0.15) is 0 Å². The summed E-state index contributed by atoms with van der Waals surface area (Å²) in [5.74, 6) is -0.599. The maximum absolute atomic E-state index is 12.2. The molecule has 4 amide bonds. The van der Waals surface area contributed by atoms with Crippen LogP contribution in [0.15, 0.2) is 24.3 Å². The summed E-state index contributed by atoms with van der Waals surface area (Å²) >= 11 is 5.87. The van der Waals surface area contributed by atoms with Crippen molar-refractivity contribution < 1.29 is 14.4 Å². The van der Waals surface area contributed by atoms with Crippen LogP contribution in [-0.2, 0) is 9.59 Å². The van der Waals surface area contributed by atoms with Crippen LogP contribution < -0.4 is 10.2 Å². The first-order valence-corrected chi connectivity index (χ1v) is 6.12. The molecule has 1 aromatic carbocycles. The van der Waals surface area contributed by atoms with Crippen LogP contribution in [0.1, 0.15) is 0 Å². The van der Waals surface area contributed by atoms with E-state index in [-0.39, 0.29) is 24.9 Å². The smallest absolute Gasteiger partial charge is 0.332 e. The highest BCUT2D eigenvalue weighted by molar-refractivity contribution is 6.31. The van der Waals surface area contributed by atoms with Gasteiger partial charge in [0, 0.05) is 11.6 Å². The lowest BCUT2D eigenvalue weighted by molar-refractivity contribution is -0.126. The van der Waals surface area contributed by atoms with Crippen molar-refractivity contribution in [3.05, 3.63) is 29.3 Å². The molecule has 3 rings (SSSR count). The summed E-state index contributed by atoms with van der Waals surface area (Å²) in [4.78, 5) is 38.1. The Kier molecular flexibility index (Phi) is 2.67. The van der Waals surface area contributed by atoms with Crippen LogP contribution in [-0.4, -0.2) is 41.9 Å². The van der Waals surface area contributed by atoms with E-state index in [4.69, 9.17) is 11.6 Å². The summed E-state index contributed by atoms with van der Waals surface area (Å²) in [6, 6.07) is 5.41. The van der Waals surface area contributed by atoms with Crippen molar-refractivity contribution in [2.45, 2.75) is 6.04 Å². The van der Waals surface area contributed by atoms with Crippen LogP contribution in [0, 0.1) is 0 Å². The number of carbonyl (C=O) groups excluding carboxylic acids is 3. The Morgan fingerprint density at radius 2 is 2.05 bits per heavy atom. The van der Waals surface area contributed by atoms with Gasteiger partial charge in [0.1, 0.15) is 12.6 Å². The molecule has 0 bridgehead atoms. The summed E-state index contributed by atoms with van der Waals surface area (Å²) in [7, 11) is 0. The maximum Gasteiger partial charge on any atom is 0.332 e. The Bertz CT molecular complexity index is 589. The number of carbonyl (C=O) groups is 3. The van der Waals surface area contributed by atoms with E-state index in [1.165, 1.54) is 4.90 Å². The third-order valence-corrected chi connectivity index (χ3v) is 3.43. The molecule has 2 saturated heterocycles. The minimum absolute atomic E-state index is 0.0910. The van der Waals surface area contributed by atoms with Crippen LogP contribution in [0.25, 0.3) is 0 Å². The third kappa shape index (κ3) is 1.84. The van der Waals surface area contributed by atoms with Gasteiger partial charge in [0.15, 0.2) is 0 Å². The van der Waals surface area contributed by atoms with Gasteiger partial charge in [-0.05, 0) is 18.2 Å². The monoisotopic (exact) mass is 279 g/mol. The first-order valence-electron chi connectivity index (χ1n) is 5.75. The zero-order valence-corrected chi connectivity index (χ0v) is 10.6. The summed E-state index contributed by atoms with van der Waals surface area (Å²) in [6.07, 6.45) is 0. The molecule has 0 aliphatic carbocycles. The number of hydrogen-bond donors (Lipinski definition) is 1. The average molecular weight is 280 g/mol. The van der Waals surface area contributed by atoms with Gasteiger partial charge in [0.05, 0.1) is 5.69 Å². The topological polar surface area (TPSA) is 69.7 Å². The van der Waals surface area contributed by atoms with Crippen LogP contribution in [0.3, 0.4) is 0 Å². The third-order valence-electron chi connectivity index (χ3n) is 3.19. The van der Waals surface area contributed by atoms with Crippen molar-refractivity contribution in [1.82, 2.24) is 10.2 Å². The molecule has 2 aliphatic rings. The molecule has 2 aliphatic heterocycles. The molecule has 0 radical (unpaired) electrons. The van der Waals surface area contributed by atoms with E-state index in [0.29, 0.717) is 10.7 Å². The van der Waals surface area contributed by atoms with Gasteiger partial charge in [-0.1, -0.05) is 17.7 Å². The molecule has 19 heavy (non-hydrogen) atoms. The number of nitrogens with zero attached hydrogens (tertiary/aromatic N) is 2. The summed E-state index contributed by atoms with van der Waals surface area (Å²) in [5, 5.41) is 3.02. The number of rotatable bonds is 1. The highest BCUT2D eigenvalue weighted by atomic mass is 35.5. The molecule has 2 fully saturated rings. The van der Waals surface area contributed by atoms with Crippen LogP contribution in [0.5, 0.6) is 0 Å². The quantitative estimate of drug-likeness (QED) is 0.766. The molecule has 1 N–H and O–H groups in total. The Morgan fingerprint density at radius 3 is 2.79 bits per heavy atom. The Morgan fingerprint density at radius 1 is 1.26 bits per heavy atom. The fourth-order valence-corrected chi connectivity index (χ4v) is 2.47. The van der Waals surface area contributed by atoms with Crippen LogP contribution >= 0.6 is 11.6 Å². The first kappa shape index (κ1) is 12.0. The molecular formula is C12H10ClN3O3. The van der Waals surface area contributed by atoms with Gasteiger partial charge < -0.3 is 10.2 Å². The van der Waals surface area contributed by atoms with Crippen molar-refractivity contribution in [1.29, 1.82) is 0 Å². The summed E-state index contributed by atoms with van der Waals surface area (Å²) < 4.78 is 0. The molecule has 2 heterocycles. The van der Waals surface area contributed by atoms with Crippen molar-refractivity contribution in [3.63, 3.8) is 0 Å². The van der Waals surface area contributed by atoms with Gasteiger partial charge in [0.25, 0.3) is 5.91 Å². The van der Waals surface area contributed by atoms with Gasteiger partial charge in [-0.25, -0.2) is 9.69 Å². The maximum atomic E-state index is 12.2. The summed E-state index contributed by atoms with van der Waals surface area (Å²) in [5.41, 5.74) is 0.421.